The molecule has 5 nitrogen and oxygen atoms in total. The summed E-state index contributed by atoms with van der Waals surface area (Å²) in [5.41, 5.74) is 3.25. The maximum absolute atomic E-state index is 12.4. The Morgan fingerprint density at radius 2 is 1.93 bits per heavy atom. The maximum Gasteiger partial charge on any atom is 0.336 e. The summed E-state index contributed by atoms with van der Waals surface area (Å²) in [5, 5.41) is 1.74. The van der Waals surface area contributed by atoms with Crippen LogP contribution in [0, 0.1) is 6.92 Å². The van der Waals surface area contributed by atoms with Gasteiger partial charge < -0.3 is 9.15 Å². The van der Waals surface area contributed by atoms with Gasteiger partial charge in [-0.25, -0.2) is 4.79 Å². The number of carbonyl (C=O) groups excluding carboxylic acids is 1. The highest BCUT2D eigenvalue weighted by molar-refractivity contribution is 5.86. The lowest BCUT2D eigenvalue weighted by Crippen LogP contribution is -2.10. The summed E-state index contributed by atoms with van der Waals surface area (Å²) in [6, 6.07) is 16.5. The van der Waals surface area contributed by atoms with E-state index < -0.39 is 5.63 Å². The summed E-state index contributed by atoms with van der Waals surface area (Å²) >= 11 is 0. The van der Waals surface area contributed by atoms with Crippen LogP contribution in [0.5, 0.6) is 0 Å². The van der Waals surface area contributed by atoms with Crippen LogP contribution in [-0.4, -0.2) is 11.0 Å². The zero-order valence-corrected chi connectivity index (χ0v) is 14.8. The van der Waals surface area contributed by atoms with Crippen LogP contribution in [0.3, 0.4) is 0 Å². The van der Waals surface area contributed by atoms with Crippen molar-refractivity contribution in [3.05, 3.63) is 87.9 Å². The van der Waals surface area contributed by atoms with Crippen LogP contribution in [0.2, 0.25) is 0 Å². The van der Waals surface area contributed by atoms with Crippen molar-refractivity contribution in [3.8, 4) is 0 Å². The van der Waals surface area contributed by atoms with E-state index >= 15 is 0 Å². The topological polar surface area (TPSA) is 69.4 Å². The number of aromatic nitrogens is 1. The summed E-state index contributed by atoms with van der Waals surface area (Å²) in [6.45, 7) is 1.94. The van der Waals surface area contributed by atoms with E-state index in [0.29, 0.717) is 11.1 Å². The maximum atomic E-state index is 12.4. The standard InChI is InChI=1S/C22H17NO4/c1-14-7-8-18-17(12-21(25)27-19(18)10-14)13-26-20(24)11-16-5-2-4-15-6-3-9-23-22(15)16/h2-10,12H,11,13H2,1H3. The molecular formula is C22H17NO4. The van der Waals surface area contributed by atoms with Crippen molar-refractivity contribution in [2.75, 3.05) is 0 Å². The van der Waals surface area contributed by atoms with Crippen molar-refractivity contribution in [3.63, 3.8) is 0 Å². The molecule has 0 unspecified atom stereocenters. The van der Waals surface area contributed by atoms with Gasteiger partial charge in [0.15, 0.2) is 0 Å². The molecule has 2 aromatic heterocycles. The fraction of sp³-hybridized carbons (Fsp3) is 0.136. The smallest absolute Gasteiger partial charge is 0.336 e. The summed E-state index contributed by atoms with van der Waals surface area (Å²) < 4.78 is 10.7. The zero-order valence-electron chi connectivity index (χ0n) is 14.8. The van der Waals surface area contributed by atoms with E-state index in [1.54, 1.807) is 12.3 Å². The van der Waals surface area contributed by atoms with Crippen molar-refractivity contribution < 1.29 is 13.9 Å². The minimum absolute atomic E-state index is 0.0161. The predicted octanol–water partition coefficient (Wildman–Crippen LogP) is 3.94. The molecule has 0 atom stereocenters. The second-order valence-corrected chi connectivity index (χ2v) is 6.42. The number of rotatable bonds is 4. The molecule has 0 saturated heterocycles. The monoisotopic (exact) mass is 359 g/mol. The highest BCUT2D eigenvalue weighted by Gasteiger charge is 2.12. The number of fused-ring (bicyclic) bond motifs is 2. The summed E-state index contributed by atoms with van der Waals surface area (Å²) in [4.78, 5) is 28.5. The van der Waals surface area contributed by atoms with E-state index in [4.69, 9.17) is 9.15 Å². The Hall–Kier alpha value is -3.47. The first-order chi connectivity index (χ1) is 13.1. The van der Waals surface area contributed by atoms with Gasteiger partial charge in [0, 0.05) is 28.6 Å². The number of nitrogens with zero attached hydrogens (tertiary/aromatic N) is 1. The summed E-state index contributed by atoms with van der Waals surface area (Å²) in [5.74, 6) is -0.373. The second-order valence-electron chi connectivity index (χ2n) is 6.42. The number of pyridine rings is 1. The minimum Gasteiger partial charge on any atom is -0.461 e. The second kappa shape index (κ2) is 7.03. The normalized spacial score (nSPS) is 11.0. The van der Waals surface area contributed by atoms with E-state index in [-0.39, 0.29) is 19.0 Å². The Kier molecular flexibility index (Phi) is 4.42. The van der Waals surface area contributed by atoms with Crippen molar-refractivity contribution in [2.24, 2.45) is 0 Å². The van der Waals surface area contributed by atoms with Crippen LogP contribution in [-0.2, 0) is 22.6 Å². The molecule has 0 N–H and O–H groups in total. The SMILES string of the molecule is Cc1ccc2c(COC(=O)Cc3cccc4cccnc34)cc(=O)oc2c1. The van der Waals surface area contributed by atoms with Crippen molar-refractivity contribution in [1.29, 1.82) is 0 Å². The lowest BCUT2D eigenvalue weighted by Gasteiger charge is -2.09. The molecular weight excluding hydrogens is 342 g/mol. The molecule has 0 amide bonds. The van der Waals surface area contributed by atoms with Crippen LogP contribution in [0.25, 0.3) is 21.9 Å². The third-order valence-electron chi connectivity index (χ3n) is 4.43. The van der Waals surface area contributed by atoms with E-state index in [1.807, 2.05) is 49.4 Å². The van der Waals surface area contributed by atoms with Crippen molar-refractivity contribution >= 4 is 27.8 Å². The predicted molar refractivity (Wildman–Crippen MR) is 102 cm³/mol. The van der Waals surface area contributed by atoms with Gasteiger partial charge in [-0.1, -0.05) is 36.4 Å². The zero-order chi connectivity index (χ0) is 18.8. The molecule has 27 heavy (non-hydrogen) atoms. The Morgan fingerprint density at radius 1 is 1.07 bits per heavy atom. The molecule has 0 aliphatic rings. The van der Waals surface area contributed by atoms with Gasteiger partial charge in [0.25, 0.3) is 0 Å². The van der Waals surface area contributed by atoms with Crippen molar-refractivity contribution in [1.82, 2.24) is 4.98 Å². The molecule has 0 aliphatic carbocycles. The molecule has 0 fully saturated rings. The first kappa shape index (κ1) is 17.0. The number of esters is 1. The number of hydrogen-bond donors (Lipinski definition) is 0. The van der Waals surface area contributed by atoms with E-state index in [0.717, 1.165) is 27.4 Å². The van der Waals surface area contributed by atoms with Gasteiger partial charge in [-0.05, 0) is 30.2 Å². The average molecular weight is 359 g/mol. The molecule has 0 spiro atoms. The first-order valence-corrected chi connectivity index (χ1v) is 8.62. The van der Waals surface area contributed by atoms with Gasteiger partial charge in [-0.3, -0.25) is 9.78 Å². The molecule has 4 rings (SSSR count). The number of carbonyl (C=O) groups is 1. The molecule has 0 saturated carbocycles. The summed E-state index contributed by atoms with van der Waals surface area (Å²) in [7, 11) is 0. The van der Waals surface area contributed by atoms with Gasteiger partial charge in [-0.2, -0.15) is 0 Å². The van der Waals surface area contributed by atoms with Crippen LogP contribution in [0.15, 0.2) is 70.0 Å². The molecule has 0 radical (unpaired) electrons. The first-order valence-electron chi connectivity index (χ1n) is 8.62. The number of ether oxygens (including phenoxy) is 1. The molecule has 134 valence electrons. The Labute approximate surface area is 155 Å². The molecule has 0 bridgehead atoms. The van der Waals surface area contributed by atoms with Crippen LogP contribution in [0.4, 0.5) is 0 Å². The van der Waals surface area contributed by atoms with Gasteiger partial charge >= 0.3 is 11.6 Å². The molecule has 2 heterocycles. The van der Waals surface area contributed by atoms with Crippen LogP contribution >= 0.6 is 0 Å². The highest BCUT2D eigenvalue weighted by Crippen LogP contribution is 2.20. The fourth-order valence-electron chi connectivity index (χ4n) is 3.13. The number of para-hydroxylation sites is 1. The van der Waals surface area contributed by atoms with Gasteiger partial charge in [0.1, 0.15) is 12.2 Å². The lowest BCUT2D eigenvalue weighted by molar-refractivity contribution is -0.144. The van der Waals surface area contributed by atoms with Gasteiger partial charge in [-0.15, -0.1) is 0 Å². The third-order valence-corrected chi connectivity index (χ3v) is 4.43. The molecule has 4 aromatic rings. The van der Waals surface area contributed by atoms with E-state index in [9.17, 15) is 9.59 Å². The Bertz CT molecular complexity index is 1200. The van der Waals surface area contributed by atoms with Crippen molar-refractivity contribution in [2.45, 2.75) is 20.0 Å². The van der Waals surface area contributed by atoms with E-state index in [1.165, 1.54) is 6.07 Å². The quantitative estimate of drug-likeness (QED) is 0.408. The van der Waals surface area contributed by atoms with Gasteiger partial charge in [0.2, 0.25) is 0 Å². The van der Waals surface area contributed by atoms with Crippen LogP contribution in [0.1, 0.15) is 16.7 Å². The third kappa shape index (κ3) is 3.58. The molecule has 5 heteroatoms. The lowest BCUT2D eigenvalue weighted by atomic mass is 10.1. The number of benzene rings is 2. The molecule has 2 aromatic carbocycles. The number of aryl methyl sites for hydroxylation is 1. The highest BCUT2D eigenvalue weighted by atomic mass is 16.5. The Morgan fingerprint density at radius 3 is 2.81 bits per heavy atom. The molecule has 0 aliphatic heterocycles. The summed E-state index contributed by atoms with van der Waals surface area (Å²) in [6.07, 6.45) is 1.82. The van der Waals surface area contributed by atoms with E-state index in [2.05, 4.69) is 4.98 Å². The fourth-order valence-corrected chi connectivity index (χ4v) is 3.13. The minimum atomic E-state index is -0.461. The average Bonchev–Trinajstić information content (AvgIpc) is 2.66. The number of hydrogen-bond acceptors (Lipinski definition) is 5. The Balaban J connectivity index is 1.54. The van der Waals surface area contributed by atoms with Crippen LogP contribution < -0.4 is 5.63 Å². The van der Waals surface area contributed by atoms with Gasteiger partial charge in [0.05, 0.1) is 11.9 Å². The largest absolute Gasteiger partial charge is 0.461 e.